The van der Waals surface area contributed by atoms with Crippen LogP contribution in [0.2, 0.25) is 0 Å². The Kier molecular flexibility index (Phi) is 6.54. The fourth-order valence-electron chi connectivity index (χ4n) is 4.04. The van der Waals surface area contributed by atoms with Crippen molar-refractivity contribution in [3.63, 3.8) is 0 Å². The van der Waals surface area contributed by atoms with Crippen LogP contribution in [0.25, 0.3) is 5.70 Å². The molecule has 0 aliphatic carbocycles. The van der Waals surface area contributed by atoms with E-state index in [2.05, 4.69) is 10.6 Å². The molecule has 1 fully saturated rings. The molecule has 2 atom stereocenters. The Morgan fingerprint density at radius 1 is 0.971 bits per heavy atom. The molecule has 0 saturated carbocycles. The van der Waals surface area contributed by atoms with Crippen molar-refractivity contribution < 1.29 is 19.1 Å². The molecule has 5 rings (SSSR count). The molecule has 0 aromatic heterocycles. The number of cyclic esters (lactones) is 1. The first-order chi connectivity index (χ1) is 17.1. The van der Waals surface area contributed by atoms with Crippen LogP contribution in [0, 0.1) is 0 Å². The molecule has 2 N–H and O–H groups in total. The van der Waals surface area contributed by atoms with Gasteiger partial charge in [-0.25, -0.2) is 9.69 Å². The smallest absolute Gasteiger partial charge is 0.417 e. The number of amides is 3. The van der Waals surface area contributed by atoms with Crippen molar-refractivity contribution in [2.24, 2.45) is 0 Å². The third kappa shape index (κ3) is 5.07. The predicted molar refractivity (Wildman–Crippen MR) is 134 cm³/mol. The van der Waals surface area contributed by atoms with Gasteiger partial charge in [-0.1, -0.05) is 84.6 Å². The van der Waals surface area contributed by atoms with Gasteiger partial charge >= 0.3 is 6.09 Å². The summed E-state index contributed by atoms with van der Waals surface area (Å²) in [6, 6.07) is 25.6. The van der Waals surface area contributed by atoms with E-state index in [9.17, 15) is 14.4 Å². The number of thioether (sulfide) groups is 1. The van der Waals surface area contributed by atoms with Crippen molar-refractivity contribution in [1.82, 2.24) is 15.5 Å². The standard InChI is InChI=1S/C27H23N3O4S/c31-24(30-23(16-34-27(30)33)20-9-5-2-6-10-20)15-18-11-13-21(14-12-18)25(32)29-26-28-22(17-35-26)19-7-3-1-4-8-19/h1-14,17,23,26,28H,15-16H2,(H,29,32). The molecule has 3 aromatic rings. The second kappa shape index (κ2) is 10.1. The number of imide groups is 1. The maximum absolute atomic E-state index is 12.9. The topological polar surface area (TPSA) is 87.7 Å². The molecule has 176 valence electrons. The zero-order valence-electron chi connectivity index (χ0n) is 18.7. The minimum Gasteiger partial charge on any atom is -0.446 e. The van der Waals surface area contributed by atoms with E-state index in [-0.39, 0.29) is 30.3 Å². The molecule has 2 heterocycles. The van der Waals surface area contributed by atoms with Crippen LogP contribution >= 0.6 is 11.8 Å². The quantitative estimate of drug-likeness (QED) is 0.542. The molecule has 1 saturated heterocycles. The predicted octanol–water partition coefficient (Wildman–Crippen LogP) is 4.30. The summed E-state index contributed by atoms with van der Waals surface area (Å²) in [6.07, 6.45) is -0.602. The van der Waals surface area contributed by atoms with E-state index in [1.807, 2.05) is 66.1 Å². The maximum Gasteiger partial charge on any atom is 0.417 e. The molecule has 0 radical (unpaired) electrons. The summed E-state index contributed by atoms with van der Waals surface area (Å²) in [5, 5.41) is 8.24. The molecular weight excluding hydrogens is 462 g/mol. The van der Waals surface area contributed by atoms with Crippen LogP contribution in [0.4, 0.5) is 4.79 Å². The second-order valence-corrected chi connectivity index (χ2v) is 9.15. The van der Waals surface area contributed by atoms with E-state index >= 15 is 0 Å². The Bertz CT molecular complexity index is 1260. The third-order valence-corrected chi connectivity index (χ3v) is 6.73. The summed E-state index contributed by atoms with van der Waals surface area (Å²) in [4.78, 5) is 39.0. The van der Waals surface area contributed by atoms with Crippen LogP contribution in [-0.4, -0.2) is 34.9 Å². The highest BCUT2D eigenvalue weighted by Gasteiger charge is 2.38. The highest BCUT2D eigenvalue weighted by atomic mass is 32.2. The van der Waals surface area contributed by atoms with Crippen LogP contribution in [0.15, 0.2) is 90.3 Å². The lowest BCUT2D eigenvalue weighted by atomic mass is 10.0. The Labute approximate surface area is 207 Å². The number of benzene rings is 3. The number of nitrogens with zero attached hydrogens (tertiary/aromatic N) is 1. The van der Waals surface area contributed by atoms with Gasteiger partial charge < -0.3 is 15.4 Å². The molecular formula is C27H23N3O4S. The lowest BCUT2D eigenvalue weighted by Gasteiger charge is -2.20. The van der Waals surface area contributed by atoms with Gasteiger partial charge in [-0.2, -0.15) is 0 Å². The van der Waals surface area contributed by atoms with Crippen LogP contribution in [-0.2, 0) is 16.0 Å². The monoisotopic (exact) mass is 485 g/mol. The molecule has 35 heavy (non-hydrogen) atoms. The van der Waals surface area contributed by atoms with Gasteiger partial charge in [0.25, 0.3) is 5.91 Å². The highest BCUT2D eigenvalue weighted by Crippen LogP contribution is 2.29. The summed E-state index contributed by atoms with van der Waals surface area (Å²) in [5.41, 5.74) is 3.79. The molecule has 3 aromatic carbocycles. The minimum absolute atomic E-state index is 0.0325. The van der Waals surface area contributed by atoms with Crippen LogP contribution < -0.4 is 10.6 Å². The number of carbonyl (C=O) groups is 3. The van der Waals surface area contributed by atoms with Gasteiger partial charge in [0.2, 0.25) is 5.91 Å². The average Bonchev–Trinajstić information content (AvgIpc) is 3.52. The van der Waals surface area contributed by atoms with Gasteiger partial charge in [0, 0.05) is 5.56 Å². The zero-order valence-corrected chi connectivity index (χ0v) is 19.5. The minimum atomic E-state index is -0.634. The van der Waals surface area contributed by atoms with E-state index in [0.29, 0.717) is 11.1 Å². The van der Waals surface area contributed by atoms with Gasteiger partial charge in [0.05, 0.1) is 12.1 Å². The Morgan fingerprint density at radius 3 is 2.37 bits per heavy atom. The van der Waals surface area contributed by atoms with Crippen LogP contribution in [0.3, 0.4) is 0 Å². The SMILES string of the molecule is O=C(NC1NC(c2ccccc2)=CS1)c1ccc(CC(=O)N2C(=O)OCC2c2ccccc2)cc1. The van der Waals surface area contributed by atoms with Crippen molar-refractivity contribution in [3.8, 4) is 0 Å². The average molecular weight is 486 g/mol. The number of rotatable bonds is 6. The number of hydrogen-bond acceptors (Lipinski definition) is 6. The molecule has 2 unspecified atom stereocenters. The van der Waals surface area contributed by atoms with Crippen molar-refractivity contribution in [1.29, 1.82) is 0 Å². The largest absolute Gasteiger partial charge is 0.446 e. The van der Waals surface area contributed by atoms with Gasteiger partial charge in [-0.3, -0.25) is 9.59 Å². The van der Waals surface area contributed by atoms with Crippen molar-refractivity contribution in [2.45, 2.75) is 18.0 Å². The number of carbonyl (C=O) groups excluding carboxylic acids is 3. The molecule has 8 heteroatoms. The normalized spacial score (nSPS) is 19.0. The Morgan fingerprint density at radius 2 is 1.66 bits per heavy atom. The molecule has 7 nitrogen and oxygen atoms in total. The van der Waals surface area contributed by atoms with E-state index in [1.54, 1.807) is 24.3 Å². The van der Waals surface area contributed by atoms with Crippen LogP contribution in [0.1, 0.15) is 33.1 Å². The van der Waals surface area contributed by atoms with Crippen molar-refractivity contribution >= 4 is 35.4 Å². The first-order valence-electron chi connectivity index (χ1n) is 11.2. The van der Waals surface area contributed by atoms with Gasteiger partial charge in [-0.15, -0.1) is 0 Å². The first kappa shape index (κ1) is 22.7. The maximum atomic E-state index is 12.9. The van der Waals surface area contributed by atoms with Gasteiger partial charge in [0.15, 0.2) is 5.50 Å². The van der Waals surface area contributed by atoms with E-state index < -0.39 is 12.1 Å². The number of hydrogen-bond donors (Lipinski definition) is 2. The Balaban J connectivity index is 1.18. The van der Waals surface area contributed by atoms with Gasteiger partial charge in [-0.05, 0) is 34.2 Å². The number of ether oxygens (including phenoxy) is 1. The van der Waals surface area contributed by atoms with E-state index in [1.165, 1.54) is 16.7 Å². The summed E-state index contributed by atoms with van der Waals surface area (Å²) >= 11 is 1.49. The lowest BCUT2D eigenvalue weighted by Crippen LogP contribution is -2.39. The van der Waals surface area contributed by atoms with Crippen molar-refractivity contribution in [3.05, 3.63) is 113 Å². The molecule has 0 spiro atoms. The fraction of sp³-hybridized carbons (Fsp3) is 0.148. The van der Waals surface area contributed by atoms with Gasteiger partial charge in [0.1, 0.15) is 12.6 Å². The zero-order chi connectivity index (χ0) is 24.2. The first-order valence-corrected chi connectivity index (χ1v) is 12.1. The molecule has 2 aliphatic heterocycles. The molecule has 0 bridgehead atoms. The highest BCUT2D eigenvalue weighted by molar-refractivity contribution is 8.03. The summed E-state index contributed by atoms with van der Waals surface area (Å²) in [6.45, 7) is 0.141. The lowest BCUT2D eigenvalue weighted by molar-refractivity contribution is -0.128. The summed E-state index contributed by atoms with van der Waals surface area (Å²) < 4.78 is 5.14. The van der Waals surface area contributed by atoms with Crippen molar-refractivity contribution in [2.75, 3.05) is 6.61 Å². The Hall–Kier alpha value is -4.04. The fourth-order valence-corrected chi connectivity index (χ4v) is 4.88. The number of nitrogens with one attached hydrogen (secondary N) is 2. The third-order valence-electron chi connectivity index (χ3n) is 5.85. The molecule has 2 aliphatic rings. The van der Waals surface area contributed by atoms with E-state index in [0.717, 1.165) is 16.8 Å². The van der Waals surface area contributed by atoms with Crippen LogP contribution in [0.5, 0.6) is 0 Å². The van der Waals surface area contributed by atoms with E-state index in [4.69, 9.17) is 4.74 Å². The molecule has 3 amide bonds. The summed E-state index contributed by atoms with van der Waals surface area (Å²) in [5.74, 6) is -0.563. The summed E-state index contributed by atoms with van der Waals surface area (Å²) in [7, 11) is 0. The second-order valence-electron chi connectivity index (χ2n) is 8.17.